The zero-order valence-electron chi connectivity index (χ0n) is 7.42. The maximum absolute atomic E-state index is 13.4. The van der Waals surface area contributed by atoms with Crippen LogP contribution in [0.15, 0.2) is 30.3 Å². The maximum atomic E-state index is 13.4. The van der Waals surface area contributed by atoms with Crippen LogP contribution in [-0.4, -0.2) is 15.3 Å². The first kappa shape index (κ1) is 9.42. The Bertz CT molecular complexity index is 225. The quantitative estimate of drug-likeness (QED) is 0.546. The SMILES string of the molecule is CC(C)N[SiH](F)c1ccccc1. The van der Waals surface area contributed by atoms with Crippen molar-refractivity contribution in [2.24, 2.45) is 0 Å². The van der Waals surface area contributed by atoms with Crippen LogP contribution < -0.4 is 10.2 Å². The van der Waals surface area contributed by atoms with Crippen molar-refractivity contribution in [2.75, 3.05) is 0 Å². The molecule has 0 heterocycles. The zero-order chi connectivity index (χ0) is 8.97. The van der Waals surface area contributed by atoms with Gasteiger partial charge < -0.3 is 4.98 Å². The van der Waals surface area contributed by atoms with Gasteiger partial charge in [0, 0.05) is 0 Å². The summed E-state index contributed by atoms with van der Waals surface area (Å²) in [7, 11) is -2.37. The van der Waals surface area contributed by atoms with Gasteiger partial charge in [-0.1, -0.05) is 44.2 Å². The Labute approximate surface area is 74.5 Å². The maximum Gasteiger partial charge on any atom is 0.336 e. The van der Waals surface area contributed by atoms with Crippen molar-refractivity contribution in [2.45, 2.75) is 19.9 Å². The van der Waals surface area contributed by atoms with E-state index in [1.165, 1.54) is 0 Å². The molecule has 0 amide bonds. The number of halogens is 1. The molecule has 12 heavy (non-hydrogen) atoms. The monoisotopic (exact) mass is 183 g/mol. The third-order valence-corrected chi connectivity index (χ3v) is 3.50. The molecule has 0 aliphatic carbocycles. The molecule has 0 spiro atoms. The summed E-state index contributed by atoms with van der Waals surface area (Å²) >= 11 is 0. The molecule has 0 fully saturated rings. The normalized spacial score (nSPS) is 13.3. The summed E-state index contributed by atoms with van der Waals surface area (Å²) in [6.45, 7) is 3.92. The van der Waals surface area contributed by atoms with Gasteiger partial charge in [-0.3, -0.25) is 4.11 Å². The lowest BCUT2D eigenvalue weighted by Gasteiger charge is -2.11. The minimum Gasteiger partial charge on any atom is -0.309 e. The number of benzene rings is 1. The molecule has 0 aromatic heterocycles. The van der Waals surface area contributed by atoms with E-state index < -0.39 is 9.29 Å². The zero-order valence-corrected chi connectivity index (χ0v) is 8.57. The van der Waals surface area contributed by atoms with Gasteiger partial charge in [0.05, 0.1) is 0 Å². The minimum absolute atomic E-state index is 0.229. The Kier molecular flexibility index (Phi) is 3.43. The first-order valence-corrected chi connectivity index (χ1v) is 5.74. The fourth-order valence-corrected chi connectivity index (χ4v) is 2.35. The lowest BCUT2D eigenvalue weighted by atomic mass is 10.4. The van der Waals surface area contributed by atoms with Crippen molar-refractivity contribution in [3.8, 4) is 0 Å². The van der Waals surface area contributed by atoms with Crippen molar-refractivity contribution < 1.29 is 4.11 Å². The first-order chi connectivity index (χ1) is 5.70. The fourth-order valence-electron chi connectivity index (χ4n) is 1.01. The molecule has 1 aromatic carbocycles. The summed E-state index contributed by atoms with van der Waals surface area (Å²) in [5, 5.41) is 0.825. The van der Waals surface area contributed by atoms with Crippen LogP contribution in [0.3, 0.4) is 0 Å². The van der Waals surface area contributed by atoms with Crippen molar-refractivity contribution in [3.63, 3.8) is 0 Å². The van der Waals surface area contributed by atoms with Crippen LogP contribution in [0.25, 0.3) is 0 Å². The van der Waals surface area contributed by atoms with E-state index in [0.717, 1.165) is 5.19 Å². The van der Waals surface area contributed by atoms with Crippen molar-refractivity contribution in [1.29, 1.82) is 0 Å². The summed E-state index contributed by atoms with van der Waals surface area (Å²) < 4.78 is 13.4. The molecular formula is C9H14FNSi. The molecule has 1 atom stereocenters. The van der Waals surface area contributed by atoms with Crippen LogP contribution in [-0.2, 0) is 0 Å². The summed E-state index contributed by atoms with van der Waals surface area (Å²) in [6, 6.07) is 9.55. The van der Waals surface area contributed by atoms with E-state index in [4.69, 9.17) is 0 Å². The van der Waals surface area contributed by atoms with E-state index in [2.05, 4.69) is 4.98 Å². The smallest absolute Gasteiger partial charge is 0.309 e. The Balaban J connectivity index is 2.59. The van der Waals surface area contributed by atoms with E-state index in [9.17, 15) is 4.11 Å². The molecule has 0 aliphatic rings. The van der Waals surface area contributed by atoms with Gasteiger partial charge in [-0.15, -0.1) is 0 Å². The number of rotatable bonds is 3. The average Bonchev–Trinajstić information content (AvgIpc) is 2.05. The van der Waals surface area contributed by atoms with E-state index >= 15 is 0 Å². The molecule has 0 saturated heterocycles. The number of nitrogens with one attached hydrogen (secondary N) is 1. The van der Waals surface area contributed by atoms with Crippen LogP contribution in [0.4, 0.5) is 4.11 Å². The highest BCUT2D eigenvalue weighted by Crippen LogP contribution is 1.88. The van der Waals surface area contributed by atoms with E-state index in [1.807, 2.05) is 44.2 Å². The van der Waals surface area contributed by atoms with Crippen LogP contribution >= 0.6 is 0 Å². The Morgan fingerprint density at radius 2 is 1.83 bits per heavy atom. The molecule has 1 aromatic rings. The molecule has 3 heteroatoms. The molecule has 0 saturated carbocycles. The molecule has 1 unspecified atom stereocenters. The fraction of sp³-hybridized carbons (Fsp3) is 0.333. The lowest BCUT2D eigenvalue weighted by molar-refractivity contribution is 0.688. The van der Waals surface area contributed by atoms with Crippen LogP contribution in [0, 0.1) is 0 Å². The highest BCUT2D eigenvalue weighted by molar-refractivity contribution is 6.64. The molecule has 1 rings (SSSR count). The molecule has 0 bridgehead atoms. The predicted molar refractivity (Wildman–Crippen MR) is 52.6 cm³/mol. The van der Waals surface area contributed by atoms with Crippen molar-refractivity contribution >= 4 is 14.5 Å². The Morgan fingerprint density at radius 3 is 2.33 bits per heavy atom. The topological polar surface area (TPSA) is 12.0 Å². The van der Waals surface area contributed by atoms with Crippen LogP contribution in [0.5, 0.6) is 0 Å². The Hall–Kier alpha value is -0.673. The second-order valence-corrected chi connectivity index (χ2v) is 4.82. The average molecular weight is 183 g/mol. The van der Waals surface area contributed by atoms with E-state index in [1.54, 1.807) is 0 Å². The number of hydrogen-bond donors (Lipinski definition) is 1. The first-order valence-electron chi connectivity index (χ1n) is 4.15. The number of hydrogen-bond acceptors (Lipinski definition) is 1. The van der Waals surface area contributed by atoms with Crippen molar-refractivity contribution in [1.82, 2.24) is 4.98 Å². The third kappa shape index (κ3) is 2.75. The van der Waals surface area contributed by atoms with Crippen molar-refractivity contribution in [3.05, 3.63) is 30.3 Å². The summed E-state index contributed by atoms with van der Waals surface area (Å²) in [5.41, 5.74) is 0. The van der Waals surface area contributed by atoms with E-state index in [0.29, 0.717) is 0 Å². The minimum atomic E-state index is -2.37. The second-order valence-electron chi connectivity index (χ2n) is 3.09. The van der Waals surface area contributed by atoms with Gasteiger partial charge in [0.1, 0.15) is 0 Å². The standard InChI is InChI=1S/C9H14FNSi/c1-8(2)11-12(10)9-6-4-3-5-7-9/h3-8,11-12H,1-2H3. The van der Waals surface area contributed by atoms with Crippen LogP contribution in [0.1, 0.15) is 13.8 Å². The van der Waals surface area contributed by atoms with Gasteiger partial charge in [0.25, 0.3) is 0 Å². The molecular weight excluding hydrogens is 169 g/mol. The summed E-state index contributed by atoms with van der Waals surface area (Å²) in [5.74, 6) is 0. The third-order valence-electron chi connectivity index (χ3n) is 1.57. The second kappa shape index (κ2) is 4.38. The molecule has 0 aliphatic heterocycles. The summed E-state index contributed by atoms with van der Waals surface area (Å²) in [4.78, 5) is 2.93. The Morgan fingerprint density at radius 1 is 1.25 bits per heavy atom. The molecule has 1 N–H and O–H groups in total. The largest absolute Gasteiger partial charge is 0.336 e. The van der Waals surface area contributed by atoms with Gasteiger partial charge in [0.15, 0.2) is 0 Å². The van der Waals surface area contributed by atoms with Gasteiger partial charge in [0.2, 0.25) is 0 Å². The van der Waals surface area contributed by atoms with Gasteiger partial charge in [-0.2, -0.15) is 0 Å². The van der Waals surface area contributed by atoms with Gasteiger partial charge in [-0.05, 0) is 11.2 Å². The highest BCUT2D eigenvalue weighted by atomic mass is 28.3. The predicted octanol–water partition coefficient (Wildman–Crippen LogP) is 1.08. The van der Waals surface area contributed by atoms with Gasteiger partial charge in [-0.25, -0.2) is 0 Å². The lowest BCUT2D eigenvalue weighted by Crippen LogP contribution is -2.44. The summed E-state index contributed by atoms with van der Waals surface area (Å²) in [6.07, 6.45) is 0. The molecule has 1 nitrogen and oxygen atoms in total. The van der Waals surface area contributed by atoms with Gasteiger partial charge >= 0.3 is 9.29 Å². The molecule has 0 radical (unpaired) electrons. The van der Waals surface area contributed by atoms with Crippen LogP contribution in [0.2, 0.25) is 0 Å². The van der Waals surface area contributed by atoms with E-state index in [-0.39, 0.29) is 6.04 Å². The molecule has 66 valence electrons. The highest BCUT2D eigenvalue weighted by Gasteiger charge is 2.12.